The van der Waals surface area contributed by atoms with Crippen molar-refractivity contribution in [2.75, 3.05) is 30.0 Å². The van der Waals surface area contributed by atoms with E-state index in [-0.39, 0.29) is 41.9 Å². The van der Waals surface area contributed by atoms with Crippen molar-refractivity contribution in [3.05, 3.63) is 76.2 Å². The van der Waals surface area contributed by atoms with Crippen molar-refractivity contribution in [3.8, 4) is 11.1 Å². The lowest BCUT2D eigenvalue weighted by molar-refractivity contribution is -0.143. The van der Waals surface area contributed by atoms with Gasteiger partial charge in [0.25, 0.3) is 0 Å². The Kier molecular flexibility index (Phi) is 8.75. The summed E-state index contributed by atoms with van der Waals surface area (Å²) in [5.41, 5.74) is -4.84. The first-order valence-electron chi connectivity index (χ1n) is 12.9. The number of aliphatic hydroxyl groups is 2. The van der Waals surface area contributed by atoms with E-state index in [1.807, 2.05) is 0 Å². The van der Waals surface area contributed by atoms with Crippen molar-refractivity contribution in [1.82, 2.24) is 4.98 Å². The van der Waals surface area contributed by atoms with Crippen LogP contribution in [0.25, 0.3) is 11.1 Å². The van der Waals surface area contributed by atoms with Gasteiger partial charge in [-0.15, -0.1) is 0 Å². The molecule has 1 aliphatic rings. The standard InChI is InChI=1S/C29H27ClF7N3O3/c1-27(2,16-7-17(28(32,33)34)9-18(8-16)29(35,36)37)26(43)39(3)24-12-38-25(40-13-20(42)10-19(40)14-41)11-21(24)15-4-5-23(31)22(30)6-15/h4-9,11-12,19-20,41-42H,10,13-14H2,1-3H3. The van der Waals surface area contributed by atoms with E-state index in [4.69, 9.17) is 11.6 Å². The normalized spacial score (nSPS) is 17.8. The summed E-state index contributed by atoms with van der Waals surface area (Å²) in [5, 5.41) is 19.7. The minimum atomic E-state index is -5.11. The molecule has 3 aromatic rings. The van der Waals surface area contributed by atoms with Crippen LogP contribution in [0.1, 0.15) is 37.0 Å². The van der Waals surface area contributed by atoms with Crippen LogP contribution in [0.3, 0.4) is 0 Å². The average Bonchev–Trinajstić information content (AvgIpc) is 3.32. The van der Waals surface area contributed by atoms with Crippen LogP contribution in [0.4, 0.5) is 42.2 Å². The van der Waals surface area contributed by atoms with Crippen LogP contribution in [0.15, 0.2) is 48.7 Å². The van der Waals surface area contributed by atoms with E-state index in [0.717, 1.165) is 11.0 Å². The minimum absolute atomic E-state index is 0.0122. The van der Waals surface area contributed by atoms with Gasteiger partial charge in [0.15, 0.2) is 0 Å². The first-order valence-corrected chi connectivity index (χ1v) is 13.3. The third kappa shape index (κ3) is 6.58. The summed E-state index contributed by atoms with van der Waals surface area (Å²) in [6.07, 6.45) is -9.43. The number of β-amino-alcohol motifs (C(OH)–C–C–N with tert-alkyl or cyclic N) is 1. The molecule has 14 heteroatoms. The maximum atomic E-state index is 14.0. The number of hydrogen-bond donors (Lipinski definition) is 2. The van der Waals surface area contributed by atoms with E-state index in [0.29, 0.717) is 23.5 Å². The Hall–Kier alpha value is -3.42. The van der Waals surface area contributed by atoms with Crippen LogP contribution in [0, 0.1) is 5.82 Å². The van der Waals surface area contributed by atoms with Gasteiger partial charge < -0.3 is 20.0 Å². The Labute approximate surface area is 247 Å². The fourth-order valence-electron chi connectivity index (χ4n) is 5.07. The molecule has 2 atom stereocenters. The van der Waals surface area contributed by atoms with Crippen molar-refractivity contribution in [1.29, 1.82) is 0 Å². The molecule has 2 N–H and O–H groups in total. The SMILES string of the molecule is CN(C(=O)C(C)(C)c1cc(C(F)(F)F)cc(C(F)(F)F)c1)c1cnc(N2CC(O)CC2CO)cc1-c1ccc(F)c(Cl)c1. The molecule has 2 aromatic carbocycles. The predicted octanol–water partition coefficient (Wildman–Crippen LogP) is 6.45. The van der Waals surface area contributed by atoms with E-state index < -0.39 is 58.3 Å². The summed E-state index contributed by atoms with van der Waals surface area (Å²) in [6.45, 7) is 2.26. The molecular formula is C29H27ClF7N3O3. The molecule has 43 heavy (non-hydrogen) atoms. The molecule has 0 spiro atoms. The highest BCUT2D eigenvalue weighted by Gasteiger charge is 2.41. The van der Waals surface area contributed by atoms with E-state index in [1.54, 1.807) is 4.90 Å². The van der Waals surface area contributed by atoms with E-state index in [2.05, 4.69) is 4.98 Å². The molecule has 1 saturated heterocycles. The second-order valence-corrected chi connectivity index (χ2v) is 11.3. The minimum Gasteiger partial charge on any atom is -0.394 e. The fourth-order valence-corrected chi connectivity index (χ4v) is 5.25. The third-order valence-corrected chi connectivity index (χ3v) is 7.80. The zero-order chi connectivity index (χ0) is 32.1. The molecule has 232 valence electrons. The van der Waals surface area contributed by atoms with Gasteiger partial charge >= 0.3 is 12.4 Å². The summed E-state index contributed by atoms with van der Waals surface area (Å²) in [5.74, 6) is -1.30. The maximum Gasteiger partial charge on any atom is 0.416 e. The molecule has 1 amide bonds. The summed E-state index contributed by atoms with van der Waals surface area (Å²) >= 11 is 6.01. The molecule has 2 heterocycles. The van der Waals surface area contributed by atoms with Crippen molar-refractivity contribution in [2.24, 2.45) is 0 Å². The highest BCUT2D eigenvalue weighted by atomic mass is 35.5. The number of amides is 1. The third-order valence-electron chi connectivity index (χ3n) is 7.51. The largest absolute Gasteiger partial charge is 0.416 e. The van der Waals surface area contributed by atoms with E-state index in [1.165, 1.54) is 45.3 Å². The number of aliphatic hydroxyl groups excluding tert-OH is 2. The van der Waals surface area contributed by atoms with Gasteiger partial charge in [-0.25, -0.2) is 9.37 Å². The Balaban J connectivity index is 1.83. The number of hydrogen-bond acceptors (Lipinski definition) is 5. The van der Waals surface area contributed by atoms with E-state index >= 15 is 0 Å². The van der Waals surface area contributed by atoms with Crippen LogP contribution < -0.4 is 9.80 Å². The molecule has 0 radical (unpaired) electrons. The van der Waals surface area contributed by atoms with Crippen molar-refractivity contribution >= 4 is 29.0 Å². The van der Waals surface area contributed by atoms with Crippen LogP contribution in [-0.2, 0) is 22.6 Å². The van der Waals surface area contributed by atoms with Crippen LogP contribution in [-0.4, -0.2) is 53.4 Å². The second-order valence-electron chi connectivity index (χ2n) is 10.9. The summed E-state index contributed by atoms with van der Waals surface area (Å²) in [7, 11) is 1.28. The zero-order valence-corrected chi connectivity index (χ0v) is 23.8. The molecular weight excluding hydrogens is 607 g/mol. The van der Waals surface area contributed by atoms with E-state index in [9.17, 15) is 45.7 Å². The lowest BCUT2D eigenvalue weighted by Gasteiger charge is -2.32. The fraction of sp³-hybridized carbons (Fsp3) is 0.379. The summed E-state index contributed by atoms with van der Waals surface area (Å²) in [4.78, 5) is 20.9. The van der Waals surface area contributed by atoms with Crippen molar-refractivity contribution < 1.29 is 45.7 Å². The Morgan fingerprint density at radius 2 is 1.60 bits per heavy atom. The van der Waals surface area contributed by atoms with Gasteiger partial charge in [-0.1, -0.05) is 17.7 Å². The van der Waals surface area contributed by atoms with Gasteiger partial charge in [-0.05, 0) is 67.8 Å². The molecule has 0 bridgehead atoms. The number of halogens is 8. The monoisotopic (exact) mass is 633 g/mol. The summed E-state index contributed by atoms with van der Waals surface area (Å²) in [6, 6.07) is 5.80. The lowest BCUT2D eigenvalue weighted by Crippen LogP contribution is -2.42. The number of benzene rings is 2. The molecule has 0 saturated carbocycles. The van der Waals surface area contributed by atoms with Gasteiger partial charge in [-0.2, -0.15) is 26.3 Å². The Bertz CT molecular complexity index is 1500. The van der Waals surface area contributed by atoms with Gasteiger partial charge in [0.05, 0.1) is 52.2 Å². The quantitative estimate of drug-likeness (QED) is 0.305. The smallest absolute Gasteiger partial charge is 0.394 e. The molecule has 6 nitrogen and oxygen atoms in total. The maximum absolute atomic E-state index is 14.0. The predicted molar refractivity (Wildman–Crippen MR) is 146 cm³/mol. The number of likely N-dealkylation sites (N-methyl/N-ethyl adjacent to an activating group) is 1. The number of pyridine rings is 1. The number of nitrogens with zero attached hydrogens (tertiary/aromatic N) is 3. The van der Waals surface area contributed by atoms with Gasteiger partial charge in [-0.3, -0.25) is 4.79 Å². The Morgan fingerprint density at radius 3 is 2.14 bits per heavy atom. The van der Waals surface area contributed by atoms with Crippen LogP contribution in [0.2, 0.25) is 5.02 Å². The zero-order valence-electron chi connectivity index (χ0n) is 23.1. The Morgan fingerprint density at radius 1 is 1.02 bits per heavy atom. The lowest BCUT2D eigenvalue weighted by atomic mass is 9.81. The molecule has 2 unspecified atom stereocenters. The number of aromatic nitrogens is 1. The molecule has 1 aliphatic heterocycles. The van der Waals surface area contributed by atoms with Crippen molar-refractivity contribution in [2.45, 2.75) is 50.2 Å². The average molecular weight is 634 g/mol. The highest BCUT2D eigenvalue weighted by Crippen LogP contribution is 2.41. The second kappa shape index (κ2) is 11.6. The van der Waals surface area contributed by atoms with Gasteiger partial charge in [0.2, 0.25) is 5.91 Å². The number of carbonyl (C=O) groups is 1. The molecule has 1 aromatic heterocycles. The summed E-state index contributed by atoms with van der Waals surface area (Å²) < 4.78 is 95.3. The number of alkyl halides is 6. The van der Waals surface area contributed by atoms with Crippen LogP contribution in [0.5, 0.6) is 0 Å². The topological polar surface area (TPSA) is 76.9 Å². The highest BCUT2D eigenvalue weighted by molar-refractivity contribution is 6.31. The number of rotatable bonds is 6. The van der Waals surface area contributed by atoms with Gasteiger partial charge in [0.1, 0.15) is 11.6 Å². The number of carbonyl (C=O) groups excluding carboxylic acids is 1. The van der Waals surface area contributed by atoms with Gasteiger partial charge in [0, 0.05) is 19.2 Å². The van der Waals surface area contributed by atoms with Crippen molar-refractivity contribution in [3.63, 3.8) is 0 Å². The number of anilines is 2. The molecule has 1 fully saturated rings. The molecule has 4 rings (SSSR count). The molecule has 0 aliphatic carbocycles. The first kappa shape index (κ1) is 32.5. The van der Waals surface area contributed by atoms with Crippen LogP contribution >= 0.6 is 11.6 Å². The first-order chi connectivity index (χ1) is 19.8.